The standard InChI is InChI=1S/C19H18N2O2.ClH/c20-12-14-6-8-16(9-7-14)19(22)23-18-13-21-11-10-17(18)15-4-2-1-3-5-15;/h1-9,17-18,21H,10-11,13H2;1H/t17-,18+;/m1./s1. The second-order valence-electron chi connectivity index (χ2n) is 5.64. The highest BCUT2D eigenvalue weighted by molar-refractivity contribution is 5.89. The van der Waals surface area contributed by atoms with Gasteiger partial charge in [-0.1, -0.05) is 30.3 Å². The highest BCUT2D eigenvalue weighted by atomic mass is 35.5. The van der Waals surface area contributed by atoms with E-state index >= 15 is 0 Å². The number of ether oxygens (including phenoxy) is 1. The number of piperidine rings is 1. The van der Waals surface area contributed by atoms with Crippen LogP contribution in [0.15, 0.2) is 54.6 Å². The number of nitriles is 1. The fraction of sp³-hybridized carbons (Fsp3) is 0.263. The molecule has 0 amide bonds. The Labute approximate surface area is 147 Å². The molecule has 1 aliphatic rings. The lowest BCUT2D eigenvalue weighted by atomic mass is 9.88. The van der Waals surface area contributed by atoms with E-state index in [1.165, 1.54) is 5.56 Å². The van der Waals surface area contributed by atoms with E-state index in [4.69, 9.17) is 10.00 Å². The van der Waals surface area contributed by atoms with Crippen LogP contribution in [0, 0.1) is 11.3 Å². The topological polar surface area (TPSA) is 62.1 Å². The Morgan fingerprint density at radius 1 is 1.12 bits per heavy atom. The lowest BCUT2D eigenvalue weighted by Crippen LogP contribution is -2.42. The van der Waals surface area contributed by atoms with Gasteiger partial charge in [0.15, 0.2) is 0 Å². The Hall–Kier alpha value is -2.35. The molecule has 0 aromatic heterocycles. The maximum Gasteiger partial charge on any atom is 0.338 e. The maximum atomic E-state index is 12.4. The fourth-order valence-corrected chi connectivity index (χ4v) is 2.92. The predicted molar refractivity (Wildman–Crippen MR) is 94.3 cm³/mol. The first-order valence-electron chi connectivity index (χ1n) is 7.75. The van der Waals surface area contributed by atoms with Gasteiger partial charge < -0.3 is 10.1 Å². The summed E-state index contributed by atoms with van der Waals surface area (Å²) in [6.45, 7) is 1.58. The molecule has 1 fully saturated rings. The summed E-state index contributed by atoms with van der Waals surface area (Å²) in [6, 6.07) is 18.7. The number of carbonyl (C=O) groups excluding carboxylic acids is 1. The lowest BCUT2D eigenvalue weighted by molar-refractivity contribution is 0.0182. The van der Waals surface area contributed by atoms with E-state index in [2.05, 4.69) is 17.4 Å². The first kappa shape index (κ1) is 18.0. The highest BCUT2D eigenvalue weighted by Gasteiger charge is 2.29. The summed E-state index contributed by atoms with van der Waals surface area (Å²) in [5, 5.41) is 12.1. The van der Waals surface area contributed by atoms with Crippen molar-refractivity contribution in [2.24, 2.45) is 0 Å². The molecule has 0 saturated carbocycles. The molecular formula is C19H19ClN2O2. The second kappa shape index (κ2) is 8.49. The van der Waals surface area contributed by atoms with Gasteiger partial charge in [-0.15, -0.1) is 12.4 Å². The summed E-state index contributed by atoms with van der Waals surface area (Å²) in [5.41, 5.74) is 2.20. The van der Waals surface area contributed by atoms with E-state index in [1.54, 1.807) is 24.3 Å². The molecule has 5 heteroatoms. The predicted octanol–water partition coefficient (Wildman–Crippen LogP) is 3.28. The SMILES string of the molecule is Cl.N#Cc1ccc(C(=O)O[C@H]2CNCC[C@@H]2c2ccccc2)cc1. The van der Waals surface area contributed by atoms with Crippen LogP contribution in [0.1, 0.15) is 33.8 Å². The van der Waals surface area contributed by atoms with Crippen molar-refractivity contribution in [3.05, 3.63) is 71.3 Å². The van der Waals surface area contributed by atoms with Crippen LogP contribution in [-0.2, 0) is 4.74 Å². The Kier molecular flexibility index (Phi) is 6.36. The molecule has 124 valence electrons. The van der Waals surface area contributed by atoms with Gasteiger partial charge in [-0.05, 0) is 42.8 Å². The van der Waals surface area contributed by atoms with Crippen molar-refractivity contribution in [2.75, 3.05) is 13.1 Å². The van der Waals surface area contributed by atoms with E-state index in [0.29, 0.717) is 17.7 Å². The highest BCUT2D eigenvalue weighted by Crippen LogP contribution is 2.28. The molecule has 1 heterocycles. The molecule has 4 nitrogen and oxygen atoms in total. The Balaban J connectivity index is 0.00000208. The molecule has 1 aliphatic heterocycles. The third-order valence-electron chi connectivity index (χ3n) is 4.16. The molecule has 1 saturated heterocycles. The van der Waals surface area contributed by atoms with Crippen molar-refractivity contribution >= 4 is 18.4 Å². The van der Waals surface area contributed by atoms with Crippen molar-refractivity contribution in [3.63, 3.8) is 0 Å². The summed E-state index contributed by atoms with van der Waals surface area (Å²) in [4.78, 5) is 12.4. The number of nitrogens with zero attached hydrogens (tertiary/aromatic N) is 1. The minimum Gasteiger partial charge on any atom is -0.457 e. The Bertz CT molecular complexity index is 710. The van der Waals surface area contributed by atoms with Gasteiger partial charge in [0.05, 0.1) is 17.2 Å². The van der Waals surface area contributed by atoms with E-state index in [0.717, 1.165) is 13.0 Å². The Morgan fingerprint density at radius 2 is 1.83 bits per heavy atom. The van der Waals surface area contributed by atoms with Crippen molar-refractivity contribution in [2.45, 2.75) is 18.4 Å². The van der Waals surface area contributed by atoms with Crippen molar-refractivity contribution in [3.8, 4) is 6.07 Å². The summed E-state index contributed by atoms with van der Waals surface area (Å²) in [5.74, 6) is -0.135. The zero-order valence-corrected chi connectivity index (χ0v) is 14.0. The van der Waals surface area contributed by atoms with E-state index in [-0.39, 0.29) is 30.4 Å². The Morgan fingerprint density at radius 3 is 2.50 bits per heavy atom. The van der Waals surface area contributed by atoms with Crippen LogP contribution in [0.3, 0.4) is 0 Å². The number of benzene rings is 2. The first-order valence-corrected chi connectivity index (χ1v) is 7.75. The molecule has 2 atom stereocenters. The molecule has 1 N–H and O–H groups in total. The van der Waals surface area contributed by atoms with Gasteiger partial charge >= 0.3 is 5.97 Å². The number of halogens is 1. The van der Waals surface area contributed by atoms with Gasteiger partial charge in [-0.2, -0.15) is 5.26 Å². The molecule has 2 aromatic rings. The van der Waals surface area contributed by atoms with Crippen LogP contribution >= 0.6 is 12.4 Å². The van der Waals surface area contributed by atoms with Crippen LogP contribution in [0.25, 0.3) is 0 Å². The molecule has 24 heavy (non-hydrogen) atoms. The molecule has 0 unspecified atom stereocenters. The van der Waals surface area contributed by atoms with E-state index in [9.17, 15) is 4.79 Å². The van der Waals surface area contributed by atoms with Crippen LogP contribution in [0.2, 0.25) is 0 Å². The summed E-state index contributed by atoms with van der Waals surface area (Å²) in [7, 11) is 0. The summed E-state index contributed by atoms with van der Waals surface area (Å²) < 4.78 is 5.73. The monoisotopic (exact) mass is 342 g/mol. The van der Waals surface area contributed by atoms with Crippen molar-refractivity contribution < 1.29 is 9.53 Å². The van der Waals surface area contributed by atoms with Crippen molar-refractivity contribution in [1.29, 1.82) is 5.26 Å². The van der Waals surface area contributed by atoms with Gasteiger partial charge in [0.1, 0.15) is 6.10 Å². The minimum absolute atomic E-state index is 0. The van der Waals surface area contributed by atoms with E-state index < -0.39 is 0 Å². The normalized spacial score (nSPS) is 19.6. The van der Waals surface area contributed by atoms with Gasteiger partial charge in [-0.25, -0.2) is 4.79 Å². The lowest BCUT2D eigenvalue weighted by Gasteiger charge is -2.32. The van der Waals surface area contributed by atoms with Gasteiger partial charge in [-0.3, -0.25) is 0 Å². The number of nitrogens with one attached hydrogen (secondary N) is 1. The minimum atomic E-state index is -0.343. The molecular weight excluding hydrogens is 324 g/mol. The third kappa shape index (κ3) is 4.14. The van der Waals surface area contributed by atoms with Gasteiger partial charge in [0.25, 0.3) is 0 Å². The zero-order chi connectivity index (χ0) is 16.1. The van der Waals surface area contributed by atoms with Crippen LogP contribution in [0.4, 0.5) is 0 Å². The quantitative estimate of drug-likeness (QED) is 0.869. The molecule has 0 aliphatic carbocycles. The number of carbonyl (C=O) groups is 1. The number of hydrogen-bond acceptors (Lipinski definition) is 4. The smallest absolute Gasteiger partial charge is 0.338 e. The molecule has 0 spiro atoms. The number of rotatable bonds is 3. The van der Waals surface area contributed by atoms with Crippen LogP contribution in [-0.4, -0.2) is 25.2 Å². The maximum absolute atomic E-state index is 12.4. The molecule has 0 bridgehead atoms. The zero-order valence-electron chi connectivity index (χ0n) is 13.1. The average Bonchev–Trinajstić information content (AvgIpc) is 2.63. The molecule has 2 aromatic carbocycles. The second-order valence-corrected chi connectivity index (χ2v) is 5.64. The molecule has 0 radical (unpaired) electrons. The van der Waals surface area contributed by atoms with Gasteiger partial charge in [0.2, 0.25) is 0 Å². The van der Waals surface area contributed by atoms with Crippen LogP contribution < -0.4 is 5.32 Å². The number of hydrogen-bond donors (Lipinski definition) is 1. The third-order valence-corrected chi connectivity index (χ3v) is 4.16. The van der Waals surface area contributed by atoms with Crippen LogP contribution in [0.5, 0.6) is 0 Å². The summed E-state index contributed by atoms with van der Waals surface area (Å²) >= 11 is 0. The first-order chi connectivity index (χ1) is 11.3. The average molecular weight is 343 g/mol. The van der Waals surface area contributed by atoms with Crippen molar-refractivity contribution in [1.82, 2.24) is 5.32 Å². The fourth-order valence-electron chi connectivity index (χ4n) is 2.92. The van der Waals surface area contributed by atoms with Gasteiger partial charge in [0, 0.05) is 12.5 Å². The van der Waals surface area contributed by atoms with E-state index in [1.807, 2.05) is 24.3 Å². The summed E-state index contributed by atoms with van der Waals surface area (Å²) in [6.07, 6.45) is 0.754. The molecule has 3 rings (SSSR count). The largest absolute Gasteiger partial charge is 0.457 e. The number of esters is 1.